The number of H-pyrrole nitrogens is 1. The van der Waals surface area contributed by atoms with Gasteiger partial charge in [-0.25, -0.2) is 4.98 Å². The molecule has 3 aromatic rings. The van der Waals surface area contributed by atoms with E-state index in [0.717, 1.165) is 11.9 Å². The van der Waals surface area contributed by atoms with Crippen LogP contribution in [0.4, 0.5) is 11.8 Å². The summed E-state index contributed by atoms with van der Waals surface area (Å²) < 4.78 is 0. The molecular weight excluding hydrogens is 260 g/mol. The minimum Gasteiger partial charge on any atom is -0.368 e. The molecule has 19 heavy (non-hydrogen) atoms. The molecule has 0 radical (unpaired) electrons. The predicted molar refractivity (Wildman–Crippen MR) is 77.2 cm³/mol. The minimum absolute atomic E-state index is 0.227. The number of aromatic nitrogens is 4. The second-order valence-electron chi connectivity index (χ2n) is 4.36. The zero-order valence-corrected chi connectivity index (χ0v) is 11.2. The summed E-state index contributed by atoms with van der Waals surface area (Å²) in [5.41, 5.74) is 7.05. The molecule has 0 spiro atoms. The standard InChI is InChI=1S/C12H14N6S/c1-7(5-8-3-2-4-19-8)16-11-9-10(15-6-14-9)17-12(13)18-11/h2-4,6-7H,5H2,1H3,(H4,13,14,15,16,17,18). The lowest BCUT2D eigenvalue weighted by molar-refractivity contribution is 0.795. The minimum atomic E-state index is 0.227. The Morgan fingerprint density at radius 1 is 1.47 bits per heavy atom. The quantitative estimate of drug-likeness (QED) is 0.677. The first-order valence-corrected chi connectivity index (χ1v) is 6.86. The summed E-state index contributed by atoms with van der Waals surface area (Å²) in [5, 5.41) is 5.44. The summed E-state index contributed by atoms with van der Waals surface area (Å²) in [6.07, 6.45) is 2.53. The van der Waals surface area contributed by atoms with Crippen molar-refractivity contribution < 1.29 is 0 Å². The Bertz CT molecular complexity index is 675. The molecule has 3 rings (SSSR count). The number of aromatic amines is 1. The third kappa shape index (κ3) is 2.50. The molecular formula is C12H14N6S. The number of rotatable bonds is 4. The molecule has 1 atom stereocenters. The lowest BCUT2D eigenvalue weighted by Crippen LogP contribution is -2.19. The second kappa shape index (κ2) is 4.85. The van der Waals surface area contributed by atoms with Gasteiger partial charge in [-0.05, 0) is 18.4 Å². The van der Waals surface area contributed by atoms with E-state index in [1.807, 2.05) is 0 Å². The van der Waals surface area contributed by atoms with Crippen molar-refractivity contribution in [3.8, 4) is 0 Å². The molecule has 1 unspecified atom stereocenters. The Balaban J connectivity index is 1.82. The Morgan fingerprint density at radius 2 is 2.37 bits per heavy atom. The van der Waals surface area contributed by atoms with Crippen molar-refractivity contribution >= 4 is 34.3 Å². The molecule has 0 fully saturated rings. The van der Waals surface area contributed by atoms with Crippen molar-refractivity contribution in [3.63, 3.8) is 0 Å². The normalized spacial score (nSPS) is 12.7. The van der Waals surface area contributed by atoms with Crippen LogP contribution in [-0.2, 0) is 6.42 Å². The fraction of sp³-hybridized carbons (Fsp3) is 0.250. The SMILES string of the molecule is CC(Cc1cccs1)Nc1nc(N)nc2nc[nH]c12. The van der Waals surface area contributed by atoms with Crippen molar-refractivity contribution in [3.05, 3.63) is 28.7 Å². The van der Waals surface area contributed by atoms with Gasteiger partial charge in [0.15, 0.2) is 11.5 Å². The Labute approximate surface area is 114 Å². The molecule has 3 aromatic heterocycles. The van der Waals surface area contributed by atoms with Gasteiger partial charge in [-0.2, -0.15) is 9.97 Å². The van der Waals surface area contributed by atoms with Gasteiger partial charge >= 0.3 is 0 Å². The number of hydrogen-bond acceptors (Lipinski definition) is 6. The van der Waals surface area contributed by atoms with Crippen molar-refractivity contribution in [2.24, 2.45) is 0 Å². The highest BCUT2D eigenvalue weighted by Crippen LogP contribution is 2.19. The van der Waals surface area contributed by atoms with Crippen LogP contribution >= 0.6 is 11.3 Å². The number of thiophene rings is 1. The Kier molecular flexibility index (Phi) is 3.04. The third-order valence-corrected chi connectivity index (χ3v) is 3.67. The molecule has 0 bridgehead atoms. The molecule has 0 saturated carbocycles. The zero-order valence-electron chi connectivity index (χ0n) is 10.4. The number of nitrogens with zero attached hydrogens (tertiary/aromatic N) is 3. The average molecular weight is 274 g/mol. The lowest BCUT2D eigenvalue weighted by atomic mass is 10.2. The van der Waals surface area contributed by atoms with E-state index < -0.39 is 0 Å². The molecule has 7 heteroatoms. The highest BCUT2D eigenvalue weighted by Gasteiger charge is 2.11. The zero-order chi connectivity index (χ0) is 13.2. The van der Waals surface area contributed by atoms with Crippen LogP contribution in [0.25, 0.3) is 11.2 Å². The molecule has 0 aliphatic carbocycles. The van der Waals surface area contributed by atoms with Crippen LogP contribution in [-0.4, -0.2) is 26.0 Å². The Morgan fingerprint density at radius 3 is 3.16 bits per heavy atom. The van der Waals surface area contributed by atoms with Crippen molar-refractivity contribution in [1.29, 1.82) is 0 Å². The summed E-state index contributed by atoms with van der Waals surface area (Å²) in [7, 11) is 0. The third-order valence-electron chi connectivity index (χ3n) is 2.77. The van der Waals surface area contributed by atoms with E-state index in [9.17, 15) is 0 Å². The highest BCUT2D eigenvalue weighted by atomic mass is 32.1. The van der Waals surface area contributed by atoms with E-state index in [1.165, 1.54) is 4.88 Å². The monoisotopic (exact) mass is 274 g/mol. The number of nitrogens with two attached hydrogens (primary N) is 1. The van der Waals surface area contributed by atoms with Gasteiger partial charge in [-0.3, -0.25) is 0 Å². The first-order chi connectivity index (χ1) is 9.22. The van der Waals surface area contributed by atoms with Crippen molar-refractivity contribution in [2.45, 2.75) is 19.4 Å². The summed E-state index contributed by atoms with van der Waals surface area (Å²) in [6.45, 7) is 2.11. The van der Waals surface area contributed by atoms with Crippen LogP contribution in [0.2, 0.25) is 0 Å². The molecule has 0 aliphatic heterocycles. The van der Waals surface area contributed by atoms with Crippen LogP contribution in [0.15, 0.2) is 23.8 Å². The molecule has 98 valence electrons. The number of fused-ring (bicyclic) bond motifs is 1. The van der Waals surface area contributed by atoms with Crippen LogP contribution < -0.4 is 11.1 Å². The van der Waals surface area contributed by atoms with Gasteiger partial charge in [0.25, 0.3) is 0 Å². The van der Waals surface area contributed by atoms with Gasteiger partial charge in [0.1, 0.15) is 5.52 Å². The topological polar surface area (TPSA) is 92.5 Å². The Hall–Kier alpha value is -2.15. The van der Waals surface area contributed by atoms with Crippen molar-refractivity contribution in [1.82, 2.24) is 19.9 Å². The van der Waals surface area contributed by atoms with Gasteiger partial charge in [0.2, 0.25) is 5.95 Å². The average Bonchev–Trinajstić information content (AvgIpc) is 2.99. The van der Waals surface area contributed by atoms with E-state index >= 15 is 0 Å². The van der Waals surface area contributed by atoms with E-state index in [1.54, 1.807) is 17.7 Å². The van der Waals surface area contributed by atoms with Gasteiger partial charge in [0, 0.05) is 17.3 Å². The lowest BCUT2D eigenvalue weighted by Gasteiger charge is -2.14. The summed E-state index contributed by atoms with van der Waals surface area (Å²) >= 11 is 1.75. The maximum atomic E-state index is 5.68. The predicted octanol–water partition coefficient (Wildman–Crippen LogP) is 2.04. The summed E-state index contributed by atoms with van der Waals surface area (Å²) in [4.78, 5) is 16.8. The molecule has 3 heterocycles. The van der Waals surface area contributed by atoms with E-state index in [0.29, 0.717) is 11.5 Å². The van der Waals surface area contributed by atoms with E-state index in [2.05, 4.69) is 49.7 Å². The molecule has 4 N–H and O–H groups in total. The highest BCUT2D eigenvalue weighted by molar-refractivity contribution is 7.09. The fourth-order valence-corrected chi connectivity index (χ4v) is 2.80. The second-order valence-corrected chi connectivity index (χ2v) is 5.39. The maximum Gasteiger partial charge on any atom is 0.224 e. The first kappa shape index (κ1) is 11.9. The first-order valence-electron chi connectivity index (χ1n) is 5.98. The summed E-state index contributed by atoms with van der Waals surface area (Å²) in [5.74, 6) is 0.925. The number of nitrogen functional groups attached to an aromatic ring is 1. The summed E-state index contributed by atoms with van der Waals surface area (Å²) in [6, 6.07) is 4.44. The van der Waals surface area contributed by atoms with Crippen molar-refractivity contribution in [2.75, 3.05) is 11.1 Å². The number of hydrogen-bond donors (Lipinski definition) is 3. The van der Waals surface area contributed by atoms with Gasteiger partial charge in [-0.15, -0.1) is 11.3 Å². The molecule has 0 saturated heterocycles. The number of nitrogens with one attached hydrogen (secondary N) is 2. The van der Waals surface area contributed by atoms with Crippen LogP contribution in [0, 0.1) is 0 Å². The largest absolute Gasteiger partial charge is 0.368 e. The van der Waals surface area contributed by atoms with E-state index in [-0.39, 0.29) is 12.0 Å². The number of anilines is 2. The van der Waals surface area contributed by atoms with E-state index in [4.69, 9.17) is 5.73 Å². The molecule has 0 aromatic carbocycles. The van der Waals surface area contributed by atoms with Gasteiger partial charge in [-0.1, -0.05) is 6.07 Å². The molecule has 6 nitrogen and oxygen atoms in total. The van der Waals surface area contributed by atoms with Crippen LogP contribution in [0.3, 0.4) is 0 Å². The van der Waals surface area contributed by atoms with Gasteiger partial charge in [0.05, 0.1) is 6.33 Å². The van der Waals surface area contributed by atoms with Crippen LogP contribution in [0.5, 0.6) is 0 Å². The molecule has 0 aliphatic rings. The maximum absolute atomic E-state index is 5.68. The fourth-order valence-electron chi connectivity index (χ4n) is 1.97. The number of imidazole rings is 1. The molecule has 0 amide bonds. The van der Waals surface area contributed by atoms with Gasteiger partial charge < -0.3 is 16.0 Å². The smallest absolute Gasteiger partial charge is 0.224 e. The van der Waals surface area contributed by atoms with Crippen LogP contribution in [0.1, 0.15) is 11.8 Å².